The molecule has 1 atom stereocenters. The Bertz CT molecular complexity index is 343. The van der Waals surface area contributed by atoms with Gasteiger partial charge in [0, 0.05) is 11.8 Å². The average Bonchev–Trinajstić information content (AvgIpc) is 2.22. The number of nitrogen functional groups attached to an aromatic ring is 1. The standard InChI is InChI=1S/C11H17ClN2O/c1-3-5-11(15,4-2)9-6-8(12)7-14-10(9)13/h6-7,15H,3-5H2,1-2H3,(H2,13,14). The van der Waals surface area contributed by atoms with Crippen molar-refractivity contribution in [1.29, 1.82) is 0 Å². The van der Waals surface area contributed by atoms with E-state index in [1.54, 1.807) is 6.07 Å². The summed E-state index contributed by atoms with van der Waals surface area (Å²) in [5, 5.41) is 10.9. The Hall–Kier alpha value is -0.800. The number of nitrogens with zero attached hydrogens (tertiary/aromatic N) is 1. The van der Waals surface area contributed by atoms with Crippen molar-refractivity contribution in [3.05, 3.63) is 22.8 Å². The van der Waals surface area contributed by atoms with Crippen LogP contribution in [0.25, 0.3) is 0 Å². The van der Waals surface area contributed by atoms with Crippen LogP contribution in [0, 0.1) is 0 Å². The second-order valence-corrected chi connectivity index (χ2v) is 4.16. The van der Waals surface area contributed by atoms with E-state index in [-0.39, 0.29) is 0 Å². The van der Waals surface area contributed by atoms with Crippen molar-refractivity contribution in [2.75, 3.05) is 5.73 Å². The highest BCUT2D eigenvalue weighted by Gasteiger charge is 2.29. The van der Waals surface area contributed by atoms with Gasteiger partial charge in [-0.3, -0.25) is 0 Å². The van der Waals surface area contributed by atoms with Crippen molar-refractivity contribution in [3.63, 3.8) is 0 Å². The molecule has 0 spiro atoms. The van der Waals surface area contributed by atoms with Crippen LogP contribution in [0.2, 0.25) is 5.02 Å². The number of halogens is 1. The Balaban J connectivity index is 3.16. The first-order valence-electron chi connectivity index (χ1n) is 5.17. The van der Waals surface area contributed by atoms with Gasteiger partial charge in [0.1, 0.15) is 5.82 Å². The minimum atomic E-state index is -0.906. The zero-order chi connectivity index (χ0) is 11.5. The lowest BCUT2D eigenvalue weighted by molar-refractivity contribution is 0.0231. The van der Waals surface area contributed by atoms with E-state index >= 15 is 0 Å². The van der Waals surface area contributed by atoms with Crippen LogP contribution in [0.3, 0.4) is 0 Å². The third-order valence-electron chi connectivity index (χ3n) is 2.63. The quantitative estimate of drug-likeness (QED) is 0.833. The number of aromatic nitrogens is 1. The summed E-state index contributed by atoms with van der Waals surface area (Å²) in [6.45, 7) is 3.95. The third-order valence-corrected chi connectivity index (χ3v) is 2.84. The van der Waals surface area contributed by atoms with Crippen LogP contribution in [0.5, 0.6) is 0 Å². The van der Waals surface area contributed by atoms with Crippen LogP contribution in [-0.2, 0) is 5.60 Å². The summed E-state index contributed by atoms with van der Waals surface area (Å²) in [5.74, 6) is 0.359. The van der Waals surface area contributed by atoms with E-state index in [4.69, 9.17) is 17.3 Å². The van der Waals surface area contributed by atoms with E-state index in [9.17, 15) is 5.11 Å². The molecule has 1 heterocycles. The summed E-state index contributed by atoms with van der Waals surface area (Å²) < 4.78 is 0. The summed E-state index contributed by atoms with van der Waals surface area (Å²) in [6, 6.07) is 1.70. The zero-order valence-electron chi connectivity index (χ0n) is 9.13. The molecule has 15 heavy (non-hydrogen) atoms. The molecule has 0 fully saturated rings. The molecular weight excluding hydrogens is 212 g/mol. The van der Waals surface area contributed by atoms with Gasteiger partial charge >= 0.3 is 0 Å². The van der Waals surface area contributed by atoms with Gasteiger partial charge in [0.15, 0.2) is 0 Å². The maximum absolute atomic E-state index is 10.4. The van der Waals surface area contributed by atoms with Crippen LogP contribution in [0.1, 0.15) is 38.7 Å². The Kier molecular flexibility index (Phi) is 3.94. The van der Waals surface area contributed by atoms with E-state index in [0.717, 1.165) is 6.42 Å². The molecule has 0 radical (unpaired) electrons. The minimum absolute atomic E-state index is 0.359. The molecule has 1 aromatic heterocycles. The van der Waals surface area contributed by atoms with Gasteiger partial charge in [-0.1, -0.05) is 31.9 Å². The van der Waals surface area contributed by atoms with Crippen molar-refractivity contribution in [2.24, 2.45) is 0 Å². The lowest BCUT2D eigenvalue weighted by Crippen LogP contribution is -2.26. The van der Waals surface area contributed by atoms with Gasteiger partial charge in [0.2, 0.25) is 0 Å². The number of nitrogens with two attached hydrogens (primary N) is 1. The van der Waals surface area contributed by atoms with E-state index in [1.165, 1.54) is 6.20 Å². The molecule has 1 unspecified atom stereocenters. The Morgan fingerprint density at radius 3 is 2.73 bits per heavy atom. The molecule has 0 amide bonds. The fourth-order valence-corrected chi connectivity index (χ4v) is 1.90. The maximum Gasteiger partial charge on any atom is 0.129 e. The number of hydrogen-bond acceptors (Lipinski definition) is 3. The van der Waals surface area contributed by atoms with Gasteiger partial charge in [-0.15, -0.1) is 0 Å². The van der Waals surface area contributed by atoms with Crippen molar-refractivity contribution in [2.45, 2.75) is 38.7 Å². The van der Waals surface area contributed by atoms with Crippen LogP contribution < -0.4 is 5.73 Å². The first-order valence-corrected chi connectivity index (χ1v) is 5.55. The fraction of sp³-hybridized carbons (Fsp3) is 0.545. The number of aliphatic hydroxyl groups is 1. The predicted octanol–water partition coefficient (Wildman–Crippen LogP) is 2.71. The topological polar surface area (TPSA) is 59.1 Å². The van der Waals surface area contributed by atoms with Gasteiger partial charge in [0.05, 0.1) is 10.6 Å². The minimum Gasteiger partial charge on any atom is -0.385 e. The molecule has 0 aliphatic carbocycles. The fourth-order valence-electron chi connectivity index (χ4n) is 1.74. The van der Waals surface area contributed by atoms with Gasteiger partial charge in [0.25, 0.3) is 0 Å². The van der Waals surface area contributed by atoms with E-state index in [1.807, 2.05) is 13.8 Å². The average molecular weight is 229 g/mol. The largest absolute Gasteiger partial charge is 0.385 e. The number of hydrogen-bond donors (Lipinski definition) is 2. The molecule has 0 saturated carbocycles. The highest BCUT2D eigenvalue weighted by atomic mass is 35.5. The molecule has 0 aromatic carbocycles. The molecular formula is C11H17ClN2O. The van der Waals surface area contributed by atoms with E-state index in [2.05, 4.69) is 4.98 Å². The summed E-state index contributed by atoms with van der Waals surface area (Å²) in [7, 11) is 0. The Morgan fingerprint density at radius 1 is 1.53 bits per heavy atom. The van der Waals surface area contributed by atoms with Gasteiger partial charge in [-0.05, 0) is 18.9 Å². The Morgan fingerprint density at radius 2 is 2.20 bits per heavy atom. The van der Waals surface area contributed by atoms with Crippen LogP contribution in [0.4, 0.5) is 5.82 Å². The molecule has 3 N–H and O–H groups in total. The van der Waals surface area contributed by atoms with Crippen molar-refractivity contribution >= 4 is 17.4 Å². The second kappa shape index (κ2) is 4.81. The van der Waals surface area contributed by atoms with Crippen molar-refractivity contribution in [3.8, 4) is 0 Å². The van der Waals surface area contributed by atoms with Gasteiger partial charge < -0.3 is 10.8 Å². The first kappa shape index (κ1) is 12.3. The predicted molar refractivity (Wildman–Crippen MR) is 62.8 cm³/mol. The normalized spacial score (nSPS) is 14.9. The molecule has 1 rings (SSSR count). The lowest BCUT2D eigenvalue weighted by Gasteiger charge is -2.27. The van der Waals surface area contributed by atoms with E-state index in [0.29, 0.717) is 29.2 Å². The molecule has 0 aliphatic heterocycles. The smallest absolute Gasteiger partial charge is 0.129 e. The summed E-state index contributed by atoms with van der Waals surface area (Å²) in [6.07, 6.45) is 3.64. The molecule has 3 nitrogen and oxygen atoms in total. The summed E-state index contributed by atoms with van der Waals surface area (Å²) in [5.41, 5.74) is 5.48. The molecule has 0 saturated heterocycles. The summed E-state index contributed by atoms with van der Waals surface area (Å²) >= 11 is 5.85. The van der Waals surface area contributed by atoms with Crippen LogP contribution in [-0.4, -0.2) is 10.1 Å². The molecule has 1 aromatic rings. The van der Waals surface area contributed by atoms with Crippen molar-refractivity contribution in [1.82, 2.24) is 4.98 Å². The number of rotatable bonds is 4. The highest BCUT2D eigenvalue weighted by molar-refractivity contribution is 6.30. The molecule has 4 heteroatoms. The lowest BCUT2D eigenvalue weighted by atomic mass is 9.87. The SMILES string of the molecule is CCCC(O)(CC)c1cc(Cl)cnc1N. The third kappa shape index (κ3) is 2.61. The molecule has 0 bridgehead atoms. The summed E-state index contributed by atoms with van der Waals surface area (Å²) in [4.78, 5) is 3.96. The monoisotopic (exact) mass is 228 g/mol. The van der Waals surface area contributed by atoms with Crippen LogP contribution >= 0.6 is 11.6 Å². The highest BCUT2D eigenvalue weighted by Crippen LogP contribution is 2.34. The molecule has 84 valence electrons. The number of pyridine rings is 1. The molecule has 0 aliphatic rings. The van der Waals surface area contributed by atoms with Crippen LogP contribution in [0.15, 0.2) is 12.3 Å². The Labute approximate surface area is 95.3 Å². The second-order valence-electron chi connectivity index (χ2n) is 3.72. The number of anilines is 1. The van der Waals surface area contributed by atoms with E-state index < -0.39 is 5.60 Å². The van der Waals surface area contributed by atoms with Crippen molar-refractivity contribution < 1.29 is 5.11 Å². The van der Waals surface area contributed by atoms with Gasteiger partial charge in [-0.2, -0.15) is 0 Å². The van der Waals surface area contributed by atoms with Gasteiger partial charge in [-0.25, -0.2) is 4.98 Å². The zero-order valence-corrected chi connectivity index (χ0v) is 9.88. The maximum atomic E-state index is 10.4. The first-order chi connectivity index (χ1) is 7.03.